The predicted molar refractivity (Wildman–Crippen MR) is 59.5 cm³/mol. The Kier molecular flexibility index (Phi) is 3.61. The molecule has 1 N–H and O–H groups in total. The van der Waals surface area contributed by atoms with Crippen LogP contribution in [0.25, 0.3) is 11.5 Å². The maximum absolute atomic E-state index is 5.49. The van der Waals surface area contributed by atoms with Gasteiger partial charge in [-0.25, -0.2) is 0 Å². The second-order valence-electron chi connectivity index (χ2n) is 3.42. The molecule has 5 nitrogen and oxygen atoms in total. The Balaban J connectivity index is 2.02. The molecule has 0 spiro atoms. The zero-order valence-corrected chi connectivity index (χ0v) is 9.18. The van der Waals surface area contributed by atoms with Crippen LogP contribution in [0, 0.1) is 0 Å². The average molecular weight is 218 g/mol. The minimum Gasteiger partial charge on any atom is -0.419 e. The van der Waals surface area contributed by atoms with E-state index in [-0.39, 0.29) is 0 Å². The fourth-order valence-corrected chi connectivity index (χ4v) is 1.30. The van der Waals surface area contributed by atoms with Crippen molar-refractivity contribution in [1.82, 2.24) is 20.5 Å². The van der Waals surface area contributed by atoms with Crippen LogP contribution in [0.2, 0.25) is 0 Å². The molecule has 0 atom stereocenters. The van der Waals surface area contributed by atoms with E-state index in [9.17, 15) is 0 Å². The van der Waals surface area contributed by atoms with Crippen molar-refractivity contribution in [2.24, 2.45) is 0 Å². The zero-order chi connectivity index (χ0) is 11.2. The summed E-state index contributed by atoms with van der Waals surface area (Å²) >= 11 is 0. The van der Waals surface area contributed by atoms with E-state index in [1.807, 2.05) is 12.1 Å². The summed E-state index contributed by atoms with van der Waals surface area (Å²) < 4.78 is 5.49. The van der Waals surface area contributed by atoms with E-state index in [0.29, 0.717) is 18.3 Å². The highest BCUT2D eigenvalue weighted by Gasteiger charge is 2.07. The van der Waals surface area contributed by atoms with E-state index >= 15 is 0 Å². The number of aromatic nitrogens is 3. The van der Waals surface area contributed by atoms with Crippen LogP contribution in [0.5, 0.6) is 0 Å². The number of pyridine rings is 1. The van der Waals surface area contributed by atoms with Crippen LogP contribution in [-0.2, 0) is 6.54 Å². The highest BCUT2D eigenvalue weighted by atomic mass is 16.4. The average Bonchev–Trinajstić information content (AvgIpc) is 2.79. The summed E-state index contributed by atoms with van der Waals surface area (Å²) in [6, 6.07) is 3.73. The fraction of sp³-hybridized carbons (Fsp3) is 0.364. The molecular formula is C11H14N4O. The maximum Gasteiger partial charge on any atom is 0.249 e. The third-order valence-electron chi connectivity index (χ3n) is 2.08. The zero-order valence-electron chi connectivity index (χ0n) is 9.18. The standard InChI is InChI=1S/C11H14N4O/c1-2-5-12-8-10-14-15-11(16-10)9-4-3-6-13-7-9/h3-4,6-7,12H,2,5,8H2,1H3. The molecular weight excluding hydrogens is 204 g/mol. The minimum atomic E-state index is 0.515. The summed E-state index contributed by atoms with van der Waals surface area (Å²) in [7, 11) is 0. The Labute approximate surface area is 93.9 Å². The van der Waals surface area contributed by atoms with E-state index in [4.69, 9.17) is 4.42 Å². The van der Waals surface area contributed by atoms with Crippen molar-refractivity contribution in [1.29, 1.82) is 0 Å². The quantitative estimate of drug-likeness (QED) is 0.773. The molecule has 0 aliphatic rings. The van der Waals surface area contributed by atoms with E-state index in [2.05, 4.69) is 27.4 Å². The lowest BCUT2D eigenvalue weighted by Crippen LogP contribution is -2.13. The van der Waals surface area contributed by atoms with Gasteiger partial charge in [0.25, 0.3) is 0 Å². The van der Waals surface area contributed by atoms with Crippen LogP contribution in [0.4, 0.5) is 0 Å². The molecule has 2 aromatic heterocycles. The van der Waals surface area contributed by atoms with Crippen molar-refractivity contribution >= 4 is 0 Å². The fourth-order valence-electron chi connectivity index (χ4n) is 1.30. The first-order chi connectivity index (χ1) is 7.90. The van der Waals surface area contributed by atoms with Crippen LogP contribution in [0.1, 0.15) is 19.2 Å². The van der Waals surface area contributed by atoms with Gasteiger partial charge in [-0.1, -0.05) is 6.92 Å². The van der Waals surface area contributed by atoms with Crippen molar-refractivity contribution in [3.05, 3.63) is 30.4 Å². The van der Waals surface area contributed by atoms with Gasteiger partial charge >= 0.3 is 0 Å². The Morgan fingerprint density at radius 3 is 3.06 bits per heavy atom. The van der Waals surface area contributed by atoms with Gasteiger partial charge in [-0.05, 0) is 25.1 Å². The third-order valence-corrected chi connectivity index (χ3v) is 2.08. The summed E-state index contributed by atoms with van der Waals surface area (Å²) in [4.78, 5) is 4.00. The third kappa shape index (κ3) is 2.64. The van der Waals surface area contributed by atoms with Crippen molar-refractivity contribution in [2.75, 3.05) is 6.54 Å². The molecule has 84 valence electrons. The number of nitrogens with one attached hydrogen (secondary N) is 1. The van der Waals surface area contributed by atoms with Crippen molar-refractivity contribution < 1.29 is 4.42 Å². The Hall–Kier alpha value is -1.75. The van der Waals surface area contributed by atoms with Crippen molar-refractivity contribution in [2.45, 2.75) is 19.9 Å². The van der Waals surface area contributed by atoms with Gasteiger partial charge in [-0.3, -0.25) is 4.98 Å². The normalized spacial score (nSPS) is 10.6. The molecule has 2 rings (SSSR count). The van der Waals surface area contributed by atoms with Gasteiger partial charge in [0.2, 0.25) is 11.8 Å². The molecule has 0 aliphatic carbocycles. The van der Waals surface area contributed by atoms with Gasteiger partial charge in [-0.2, -0.15) is 0 Å². The van der Waals surface area contributed by atoms with Crippen LogP contribution in [0.3, 0.4) is 0 Å². The molecule has 0 saturated carbocycles. The van der Waals surface area contributed by atoms with Gasteiger partial charge in [0.15, 0.2) is 0 Å². The minimum absolute atomic E-state index is 0.515. The van der Waals surface area contributed by atoms with Crippen LogP contribution in [0.15, 0.2) is 28.9 Å². The Morgan fingerprint density at radius 2 is 2.31 bits per heavy atom. The molecule has 16 heavy (non-hydrogen) atoms. The molecule has 0 unspecified atom stereocenters. The number of hydrogen-bond acceptors (Lipinski definition) is 5. The highest BCUT2D eigenvalue weighted by Crippen LogP contribution is 2.15. The summed E-state index contributed by atoms with van der Waals surface area (Å²) in [5.41, 5.74) is 0.844. The van der Waals surface area contributed by atoms with Gasteiger partial charge in [0.1, 0.15) is 0 Å². The Morgan fingerprint density at radius 1 is 1.38 bits per heavy atom. The molecule has 2 heterocycles. The first kappa shape index (κ1) is 10.8. The molecule has 5 heteroatoms. The molecule has 0 aromatic carbocycles. The maximum atomic E-state index is 5.49. The number of rotatable bonds is 5. The van der Waals surface area contributed by atoms with E-state index < -0.39 is 0 Å². The molecule has 0 aliphatic heterocycles. The van der Waals surface area contributed by atoms with Gasteiger partial charge in [0, 0.05) is 12.4 Å². The molecule has 2 aromatic rings. The lowest BCUT2D eigenvalue weighted by Gasteiger charge is -1.96. The van der Waals surface area contributed by atoms with Crippen LogP contribution in [-0.4, -0.2) is 21.7 Å². The monoisotopic (exact) mass is 218 g/mol. The van der Waals surface area contributed by atoms with Crippen molar-refractivity contribution in [3.8, 4) is 11.5 Å². The summed E-state index contributed by atoms with van der Waals surface area (Å²) in [6.07, 6.45) is 4.50. The van der Waals surface area contributed by atoms with Crippen LogP contribution < -0.4 is 5.32 Å². The SMILES string of the molecule is CCCNCc1nnc(-c2cccnc2)o1. The lowest BCUT2D eigenvalue weighted by atomic mass is 10.3. The topological polar surface area (TPSA) is 63.8 Å². The van der Waals surface area contributed by atoms with Crippen molar-refractivity contribution in [3.63, 3.8) is 0 Å². The first-order valence-corrected chi connectivity index (χ1v) is 5.33. The van der Waals surface area contributed by atoms with Gasteiger partial charge in [-0.15, -0.1) is 10.2 Å². The second-order valence-corrected chi connectivity index (χ2v) is 3.42. The van der Waals surface area contributed by atoms with E-state index in [1.165, 1.54) is 0 Å². The molecule has 0 radical (unpaired) electrons. The van der Waals surface area contributed by atoms with Gasteiger partial charge < -0.3 is 9.73 Å². The first-order valence-electron chi connectivity index (χ1n) is 5.33. The van der Waals surface area contributed by atoms with Gasteiger partial charge in [0.05, 0.1) is 12.1 Å². The highest BCUT2D eigenvalue weighted by molar-refractivity contribution is 5.49. The summed E-state index contributed by atoms with van der Waals surface area (Å²) in [5.74, 6) is 1.12. The predicted octanol–water partition coefficient (Wildman–Crippen LogP) is 1.63. The molecule has 0 saturated heterocycles. The summed E-state index contributed by atoms with van der Waals surface area (Å²) in [6.45, 7) is 3.67. The lowest BCUT2D eigenvalue weighted by molar-refractivity contribution is 0.477. The smallest absolute Gasteiger partial charge is 0.249 e. The Bertz CT molecular complexity index is 427. The number of hydrogen-bond donors (Lipinski definition) is 1. The number of nitrogens with zero attached hydrogens (tertiary/aromatic N) is 3. The van der Waals surface area contributed by atoms with Crippen LogP contribution >= 0.6 is 0 Å². The largest absolute Gasteiger partial charge is 0.419 e. The van der Waals surface area contributed by atoms with E-state index in [0.717, 1.165) is 18.5 Å². The molecule has 0 amide bonds. The summed E-state index contributed by atoms with van der Waals surface area (Å²) in [5, 5.41) is 11.1. The van der Waals surface area contributed by atoms with E-state index in [1.54, 1.807) is 12.4 Å². The molecule has 0 fully saturated rings. The second kappa shape index (κ2) is 5.37. The molecule has 0 bridgehead atoms.